The Morgan fingerprint density at radius 3 is 2.00 bits per heavy atom. The van der Waals surface area contributed by atoms with Crippen LogP contribution < -0.4 is 15.9 Å². The van der Waals surface area contributed by atoms with Crippen molar-refractivity contribution in [1.29, 1.82) is 0 Å². The molecular weight excluding hydrogens is 517 g/mol. The lowest BCUT2D eigenvalue weighted by Gasteiger charge is -2.29. The van der Waals surface area contributed by atoms with Gasteiger partial charge in [0.15, 0.2) is 11.5 Å². The molecule has 5 aromatic rings. The summed E-state index contributed by atoms with van der Waals surface area (Å²) >= 11 is 0. The Hall–Kier alpha value is -4.09. The zero-order chi connectivity index (χ0) is 27.5. The molecule has 2 heterocycles. The van der Waals surface area contributed by atoms with E-state index in [1.54, 1.807) is 6.33 Å². The van der Waals surface area contributed by atoms with E-state index in [0.29, 0.717) is 5.82 Å². The molecule has 7 nitrogen and oxygen atoms in total. The van der Waals surface area contributed by atoms with Crippen LogP contribution in [0.2, 0.25) is 0 Å². The molecule has 3 aromatic carbocycles. The van der Waals surface area contributed by atoms with E-state index in [-0.39, 0.29) is 18.1 Å². The molecule has 2 unspecified atom stereocenters. The molecule has 0 radical (unpaired) electrons. The molecule has 0 saturated heterocycles. The number of carbonyl (C=O) groups is 1. The van der Waals surface area contributed by atoms with Gasteiger partial charge in [-0.05, 0) is 26.2 Å². The third-order valence-corrected chi connectivity index (χ3v) is 11.2. The van der Waals surface area contributed by atoms with E-state index in [1.165, 1.54) is 6.92 Å². The van der Waals surface area contributed by atoms with Crippen LogP contribution in [-0.4, -0.2) is 31.8 Å². The van der Waals surface area contributed by atoms with E-state index >= 15 is 0 Å². The Kier molecular flexibility index (Phi) is 7.31. The number of aromatic nitrogens is 4. The normalized spacial score (nSPS) is 17.4. The van der Waals surface area contributed by atoms with Crippen LogP contribution in [0.4, 0.5) is 5.82 Å². The quantitative estimate of drug-likeness (QED) is 0.192. The van der Waals surface area contributed by atoms with Gasteiger partial charge in [0, 0.05) is 29.3 Å². The van der Waals surface area contributed by atoms with Crippen molar-refractivity contribution in [3.05, 3.63) is 103 Å². The lowest BCUT2D eigenvalue weighted by atomic mass is 9.93. The van der Waals surface area contributed by atoms with Gasteiger partial charge in [-0.25, -0.2) is 19.4 Å². The number of hydrogen-bond donors (Lipinski definition) is 0. The first-order valence-corrected chi connectivity index (χ1v) is 15.5. The molecular formula is C32H32N5O2P. The van der Waals surface area contributed by atoms with Gasteiger partial charge in [-0.1, -0.05) is 91.0 Å². The second-order valence-electron chi connectivity index (χ2n) is 10.2. The SMILES string of the molecule is CC(=O)OC1CCCC(n2nc(C)c3c(N=P(c4ccccc4)(c4ccccc4)c4ccccc4)ncnc32)C1. The summed E-state index contributed by atoms with van der Waals surface area (Å²) in [4.78, 5) is 21.1. The van der Waals surface area contributed by atoms with Gasteiger partial charge in [-0.2, -0.15) is 5.10 Å². The van der Waals surface area contributed by atoms with E-state index in [1.807, 2.05) is 29.8 Å². The van der Waals surface area contributed by atoms with Gasteiger partial charge in [0.25, 0.3) is 0 Å². The van der Waals surface area contributed by atoms with Crippen molar-refractivity contribution in [3.63, 3.8) is 0 Å². The number of ether oxygens (including phenoxy) is 1. The molecule has 6 rings (SSSR count). The maximum atomic E-state index is 11.6. The van der Waals surface area contributed by atoms with Crippen molar-refractivity contribution >= 4 is 45.8 Å². The molecule has 1 saturated carbocycles. The lowest BCUT2D eigenvalue weighted by Crippen LogP contribution is -2.27. The van der Waals surface area contributed by atoms with Gasteiger partial charge in [-0.15, -0.1) is 0 Å². The zero-order valence-corrected chi connectivity index (χ0v) is 23.6. The van der Waals surface area contributed by atoms with Crippen LogP contribution in [0, 0.1) is 6.92 Å². The summed E-state index contributed by atoms with van der Waals surface area (Å²) in [6.45, 7) is 3.47. The Morgan fingerprint density at radius 1 is 0.875 bits per heavy atom. The smallest absolute Gasteiger partial charge is 0.302 e. The van der Waals surface area contributed by atoms with Crippen LogP contribution >= 0.6 is 7.05 Å². The number of benzene rings is 3. The van der Waals surface area contributed by atoms with E-state index in [0.717, 1.165) is 58.3 Å². The van der Waals surface area contributed by atoms with Crippen LogP contribution in [0.1, 0.15) is 44.3 Å². The Labute approximate surface area is 234 Å². The molecule has 202 valence electrons. The Bertz CT molecular complexity index is 1580. The van der Waals surface area contributed by atoms with Crippen LogP contribution in [-0.2, 0) is 9.53 Å². The van der Waals surface area contributed by atoms with E-state index < -0.39 is 7.05 Å². The standard InChI is InChI=1S/C32H32N5O2P/c1-23-30-31(33-22-34-32(30)37(35-23)25-13-12-14-26(21-25)39-24(2)38)36-40(27-15-6-3-7-16-27,28-17-8-4-9-18-28)29-19-10-5-11-20-29/h3-11,15-20,22,25-26H,12-14,21H2,1-2H3. The third-order valence-electron chi connectivity index (χ3n) is 7.56. The van der Waals surface area contributed by atoms with Gasteiger partial charge < -0.3 is 4.74 Å². The highest BCUT2D eigenvalue weighted by Gasteiger charge is 2.31. The zero-order valence-electron chi connectivity index (χ0n) is 22.7. The predicted octanol–water partition coefficient (Wildman–Crippen LogP) is 5.99. The van der Waals surface area contributed by atoms with E-state index in [2.05, 4.69) is 72.8 Å². The summed E-state index contributed by atoms with van der Waals surface area (Å²) in [6.07, 6.45) is 5.02. The molecule has 0 aliphatic heterocycles. The highest BCUT2D eigenvalue weighted by molar-refractivity contribution is 7.87. The first-order chi connectivity index (χ1) is 19.6. The Morgan fingerprint density at radius 2 is 1.45 bits per heavy atom. The van der Waals surface area contributed by atoms with Crippen molar-refractivity contribution in [3.8, 4) is 0 Å². The number of hydrogen-bond acceptors (Lipinski definition) is 6. The first-order valence-electron chi connectivity index (χ1n) is 13.7. The fraction of sp³-hybridized carbons (Fsp3) is 0.250. The minimum Gasteiger partial charge on any atom is -0.462 e. The van der Waals surface area contributed by atoms with E-state index in [4.69, 9.17) is 24.5 Å². The number of carbonyl (C=O) groups excluding carboxylic acids is 1. The van der Waals surface area contributed by atoms with Crippen molar-refractivity contribution in [2.24, 2.45) is 4.74 Å². The van der Waals surface area contributed by atoms with Crippen molar-refractivity contribution in [2.45, 2.75) is 51.7 Å². The average Bonchev–Trinajstić information content (AvgIpc) is 3.34. The average molecular weight is 550 g/mol. The molecule has 2 aromatic heterocycles. The third kappa shape index (κ3) is 4.86. The number of aryl methyl sites for hydroxylation is 1. The molecule has 0 amide bonds. The second-order valence-corrected chi connectivity index (χ2v) is 13.2. The van der Waals surface area contributed by atoms with Crippen LogP contribution in [0.5, 0.6) is 0 Å². The summed E-state index contributed by atoms with van der Waals surface area (Å²) in [6, 6.07) is 31.7. The molecule has 1 aliphatic rings. The summed E-state index contributed by atoms with van der Waals surface area (Å²) < 4.78 is 13.2. The summed E-state index contributed by atoms with van der Waals surface area (Å²) in [7, 11) is -2.51. The topological polar surface area (TPSA) is 82.3 Å². The fourth-order valence-electron chi connectivity index (χ4n) is 5.83. The largest absolute Gasteiger partial charge is 0.462 e. The highest BCUT2D eigenvalue weighted by Crippen LogP contribution is 2.50. The number of nitrogens with zero attached hydrogens (tertiary/aromatic N) is 5. The maximum Gasteiger partial charge on any atom is 0.302 e. The number of fused-ring (bicyclic) bond motifs is 1. The van der Waals surface area contributed by atoms with Crippen LogP contribution in [0.25, 0.3) is 11.0 Å². The molecule has 0 bridgehead atoms. The van der Waals surface area contributed by atoms with Gasteiger partial charge >= 0.3 is 5.97 Å². The number of rotatable bonds is 6. The van der Waals surface area contributed by atoms with Gasteiger partial charge in [-0.3, -0.25) is 4.79 Å². The Balaban J connectivity index is 1.59. The summed E-state index contributed by atoms with van der Waals surface area (Å²) in [5.74, 6) is 0.407. The minimum absolute atomic E-state index is 0.0916. The predicted molar refractivity (Wildman–Crippen MR) is 160 cm³/mol. The van der Waals surface area contributed by atoms with Gasteiger partial charge in [0.05, 0.1) is 24.2 Å². The minimum atomic E-state index is -2.51. The second kappa shape index (κ2) is 11.2. The molecule has 1 fully saturated rings. The lowest BCUT2D eigenvalue weighted by molar-refractivity contribution is -0.148. The molecule has 0 spiro atoms. The fourth-order valence-corrected chi connectivity index (χ4v) is 9.32. The molecule has 2 atom stereocenters. The number of esters is 1. The van der Waals surface area contributed by atoms with Crippen LogP contribution in [0.15, 0.2) is 102 Å². The molecule has 40 heavy (non-hydrogen) atoms. The van der Waals surface area contributed by atoms with Crippen molar-refractivity contribution in [1.82, 2.24) is 19.7 Å². The van der Waals surface area contributed by atoms with Gasteiger partial charge in [0.1, 0.15) is 12.4 Å². The maximum absolute atomic E-state index is 11.6. The highest BCUT2D eigenvalue weighted by atomic mass is 31.2. The monoisotopic (exact) mass is 549 g/mol. The summed E-state index contributed by atoms with van der Waals surface area (Å²) in [5, 5.41) is 9.29. The molecule has 0 N–H and O–H groups in total. The van der Waals surface area contributed by atoms with Gasteiger partial charge in [0.2, 0.25) is 0 Å². The van der Waals surface area contributed by atoms with Crippen molar-refractivity contribution in [2.75, 3.05) is 0 Å². The van der Waals surface area contributed by atoms with Crippen LogP contribution in [0.3, 0.4) is 0 Å². The summed E-state index contributed by atoms with van der Waals surface area (Å²) in [5.41, 5.74) is 1.61. The molecule has 8 heteroatoms. The molecule has 1 aliphatic carbocycles. The first kappa shape index (κ1) is 26.1. The van der Waals surface area contributed by atoms with Crippen molar-refractivity contribution < 1.29 is 9.53 Å². The van der Waals surface area contributed by atoms with E-state index in [9.17, 15) is 4.79 Å².